The summed E-state index contributed by atoms with van der Waals surface area (Å²) < 4.78 is 32.6. The number of ether oxygens (including phenoxy) is 1. The van der Waals surface area contributed by atoms with Gasteiger partial charge >= 0.3 is 5.97 Å². The first-order valence-corrected chi connectivity index (χ1v) is 17.7. The number of carboxylic acids is 1. The smallest absolute Gasteiger partial charge is 0.329 e. The Morgan fingerprint density at radius 2 is 1.48 bits per heavy atom. The minimum absolute atomic E-state index is 0.179. The standard InChI is InChI=1S/C37H43F2N3O7S/c1-3-5-19-37(36(47)48,20-6-4-2)41-31(44)21-40-32(45)22-49-29-17-9-25(10-18-29)33-34(35(46)42(33)28-15-13-27(39)14-16-28)50-23-30(43)24-7-11-26(38)12-8-24/h7-18,30,33-34,43H,3-6,19-23H2,1-2H3,(H,40,45)(H,41,44)(H,47,48)/t30?,33-,34-/m1/s1. The third-order valence-electron chi connectivity index (χ3n) is 8.58. The van der Waals surface area contributed by atoms with Crippen molar-refractivity contribution in [3.05, 3.63) is 95.6 Å². The van der Waals surface area contributed by atoms with Gasteiger partial charge in [-0.3, -0.25) is 14.4 Å². The lowest BCUT2D eigenvalue weighted by atomic mass is 9.87. The Kier molecular flexibility index (Phi) is 13.8. The highest BCUT2D eigenvalue weighted by molar-refractivity contribution is 8.00. The van der Waals surface area contributed by atoms with E-state index in [-0.39, 0.29) is 11.7 Å². The van der Waals surface area contributed by atoms with Crippen LogP contribution in [0.5, 0.6) is 5.75 Å². The van der Waals surface area contributed by atoms with Gasteiger partial charge < -0.3 is 30.5 Å². The number of aliphatic hydroxyl groups excluding tert-OH is 1. The number of β-lactam (4-membered cyclic amide) rings is 1. The van der Waals surface area contributed by atoms with Crippen molar-refractivity contribution in [3.8, 4) is 5.75 Å². The maximum atomic E-state index is 13.7. The molecular weight excluding hydrogens is 668 g/mol. The SMILES string of the molecule is CCCCC(CCCC)(NC(=O)CNC(=O)COc1ccc([C@@H]2[C@@H](SCC(O)c3ccc(F)cc3)C(=O)N2c2ccc(F)cc2)cc1)C(=O)O. The Morgan fingerprint density at radius 1 is 0.900 bits per heavy atom. The molecular formula is C37H43F2N3O7S. The zero-order chi connectivity index (χ0) is 36.3. The van der Waals surface area contributed by atoms with E-state index in [2.05, 4.69) is 10.6 Å². The van der Waals surface area contributed by atoms with Gasteiger partial charge in [-0.15, -0.1) is 11.8 Å². The highest BCUT2D eigenvalue weighted by Gasteiger charge is 2.49. The molecule has 4 N–H and O–H groups in total. The van der Waals surface area contributed by atoms with Crippen molar-refractivity contribution >= 4 is 41.1 Å². The highest BCUT2D eigenvalue weighted by Crippen LogP contribution is 2.46. The quantitative estimate of drug-likeness (QED) is 0.116. The second-order valence-electron chi connectivity index (χ2n) is 12.2. The zero-order valence-electron chi connectivity index (χ0n) is 28.1. The average molecular weight is 712 g/mol. The molecule has 0 saturated carbocycles. The predicted molar refractivity (Wildman–Crippen MR) is 187 cm³/mol. The molecule has 0 aliphatic carbocycles. The molecule has 1 fully saturated rings. The summed E-state index contributed by atoms with van der Waals surface area (Å²) in [5.74, 6) is -2.80. The van der Waals surface area contributed by atoms with Gasteiger partial charge in [-0.1, -0.05) is 63.8 Å². The lowest BCUT2D eigenvalue weighted by Gasteiger charge is -2.47. The number of anilines is 1. The first-order chi connectivity index (χ1) is 24.0. The number of aliphatic carboxylic acids is 1. The van der Waals surface area contributed by atoms with Crippen LogP contribution in [0.25, 0.3) is 0 Å². The number of hydrogen-bond donors (Lipinski definition) is 4. The highest BCUT2D eigenvalue weighted by atomic mass is 32.2. The Bertz CT molecular complexity index is 1600. The third kappa shape index (κ3) is 9.81. The number of thioether (sulfide) groups is 1. The number of hydrogen-bond acceptors (Lipinski definition) is 7. The Hall–Kier alpha value is -4.49. The summed E-state index contributed by atoms with van der Waals surface area (Å²) in [7, 11) is 0. The predicted octanol–water partition coefficient (Wildman–Crippen LogP) is 5.70. The van der Waals surface area contributed by atoms with Gasteiger partial charge in [-0.2, -0.15) is 0 Å². The van der Waals surface area contributed by atoms with Crippen molar-refractivity contribution in [2.75, 3.05) is 23.8 Å². The van der Waals surface area contributed by atoms with Crippen molar-refractivity contribution in [2.24, 2.45) is 0 Å². The average Bonchev–Trinajstić information content (AvgIpc) is 3.11. The van der Waals surface area contributed by atoms with Crippen LogP contribution in [0, 0.1) is 11.6 Å². The molecule has 1 unspecified atom stereocenters. The molecule has 13 heteroatoms. The topological polar surface area (TPSA) is 145 Å². The van der Waals surface area contributed by atoms with E-state index in [0.717, 1.165) is 18.4 Å². The van der Waals surface area contributed by atoms with Crippen LogP contribution in [0.3, 0.4) is 0 Å². The van der Waals surface area contributed by atoms with E-state index < -0.39 is 65.5 Å². The first kappa shape index (κ1) is 38.3. The number of carbonyl (C=O) groups excluding carboxylic acids is 3. The van der Waals surface area contributed by atoms with E-state index in [1.54, 1.807) is 29.2 Å². The molecule has 0 aromatic heterocycles. The van der Waals surface area contributed by atoms with Gasteiger partial charge in [0, 0.05) is 11.4 Å². The number of aliphatic hydroxyl groups is 1. The van der Waals surface area contributed by atoms with Gasteiger partial charge in [0.25, 0.3) is 5.91 Å². The number of amides is 3. The van der Waals surface area contributed by atoms with Gasteiger partial charge in [-0.25, -0.2) is 13.6 Å². The van der Waals surface area contributed by atoms with E-state index in [1.807, 2.05) is 13.8 Å². The van der Waals surface area contributed by atoms with Crippen LogP contribution < -0.4 is 20.3 Å². The van der Waals surface area contributed by atoms with Gasteiger partial charge in [-0.05, 0) is 72.5 Å². The molecule has 0 radical (unpaired) electrons. The molecule has 0 bridgehead atoms. The third-order valence-corrected chi connectivity index (χ3v) is 9.91. The van der Waals surface area contributed by atoms with Gasteiger partial charge in [0.1, 0.15) is 28.2 Å². The summed E-state index contributed by atoms with van der Waals surface area (Å²) in [6.45, 7) is 3.09. The maximum Gasteiger partial charge on any atom is 0.329 e. The van der Waals surface area contributed by atoms with Crippen LogP contribution in [-0.2, 0) is 19.2 Å². The number of unbranched alkanes of at least 4 members (excludes halogenated alkanes) is 2. The van der Waals surface area contributed by atoms with E-state index in [9.17, 15) is 38.2 Å². The lowest BCUT2D eigenvalue weighted by molar-refractivity contribution is -0.148. The molecule has 50 heavy (non-hydrogen) atoms. The number of rotatable bonds is 19. The minimum Gasteiger partial charge on any atom is -0.484 e. The van der Waals surface area contributed by atoms with Gasteiger partial charge in [0.15, 0.2) is 6.61 Å². The Morgan fingerprint density at radius 3 is 2.04 bits per heavy atom. The van der Waals surface area contributed by atoms with Crippen molar-refractivity contribution in [3.63, 3.8) is 0 Å². The van der Waals surface area contributed by atoms with E-state index in [1.165, 1.54) is 60.3 Å². The summed E-state index contributed by atoms with van der Waals surface area (Å²) in [4.78, 5) is 52.2. The Labute approximate surface area is 294 Å². The number of nitrogens with one attached hydrogen (secondary N) is 2. The van der Waals surface area contributed by atoms with Crippen LogP contribution in [0.1, 0.15) is 75.6 Å². The molecule has 3 aromatic rings. The van der Waals surface area contributed by atoms with Gasteiger partial charge in [0.05, 0.1) is 18.7 Å². The van der Waals surface area contributed by atoms with Crippen LogP contribution in [0.4, 0.5) is 14.5 Å². The molecule has 1 aliphatic rings. The molecule has 3 amide bonds. The van der Waals surface area contributed by atoms with Crippen molar-refractivity contribution in [1.29, 1.82) is 0 Å². The number of nitrogens with zero attached hydrogens (tertiary/aromatic N) is 1. The fraction of sp³-hybridized carbons (Fsp3) is 0.405. The summed E-state index contributed by atoms with van der Waals surface area (Å²) >= 11 is 1.26. The van der Waals surface area contributed by atoms with E-state index in [0.29, 0.717) is 42.7 Å². The molecule has 4 rings (SSSR count). The fourth-order valence-corrected chi connectivity index (χ4v) is 7.04. The lowest BCUT2D eigenvalue weighted by Crippen LogP contribution is -2.57. The maximum absolute atomic E-state index is 13.7. The number of benzene rings is 3. The van der Waals surface area contributed by atoms with Crippen molar-refractivity contribution in [1.82, 2.24) is 10.6 Å². The van der Waals surface area contributed by atoms with Crippen LogP contribution in [0.15, 0.2) is 72.8 Å². The monoisotopic (exact) mass is 711 g/mol. The summed E-state index contributed by atoms with van der Waals surface area (Å²) in [5.41, 5.74) is 0.388. The van der Waals surface area contributed by atoms with Crippen LogP contribution >= 0.6 is 11.8 Å². The number of carbonyl (C=O) groups is 4. The number of carboxylic acid groups (broad SMARTS) is 1. The van der Waals surface area contributed by atoms with Crippen molar-refractivity contribution < 1.29 is 42.9 Å². The van der Waals surface area contributed by atoms with Crippen molar-refractivity contribution in [2.45, 2.75) is 75.3 Å². The van der Waals surface area contributed by atoms with Crippen LogP contribution in [-0.4, -0.2) is 63.6 Å². The molecule has 1 saturated heterocycles. The first-order valence-electron chi connectivity index (χ1n) is 16.7. The molecule has 3 atom stereocenters. The zero-order valence-corrected chi connectivity index (χ0v) is 28.9. The fourth-order valence-electron chi connectivity index (χ4n) is 5.74. The largest absolute Gasteiger partial charge is 0.484 e. The Balaban J connectivity index is 1.36. The molecule has 268 valence electrons. The molecule has 0 spiro atoms. The molecule has 1 heterocycles. The van der Waals surface area contributed by atoms with E-state index in [4.69, 9.17) is 4.74 Å². The van der Waals surface area contributed by atoms with Crippen LogP contribution in [0.2, 0.25) is 0 Å². The summed E-state index contributed by atoms with van der Waals surface area (Å²) in [6.07, 6.45) is 2.49. The minimum atomic E-state index is -1.39. The second-order valence-corrected chi connectivity index (χ2v) is 13.4. The molecule has 10 nitrogen and oxygen atoms in total. The molecule has 3 aromatic carbocycles. The summed E-state index contributed by atoms with van der Waals surface area (Å²) in [6, 6.07) is 17.4. The summed E-state index contributed by atoms with van der Waals surface area (Å²) in [5, 5.41) is 25.1. The second kappa shape index (κ2) is 18.0. The van der Waals surface area contributed by atoms with E-state index >= 15 is 0 Å². The number of halogens is 2. The van der Waals surface area contributed by atoms with Gasteiger partial charge in [0.2, 0.25) is 11.8 Å². The normalized spacial score (nSPS) is 16.3. The molecule has 1 aliphatic heterocycles.